The fourth-order valence-corrected chi connectivity index (χ4v) is 4.48. The van der Waals surface area contributed by atoms with E-state index in [1.165, 1.54) is 0 Å². The summed E-state index contributed by atoms with van der Waals surface area (Å²) >= 11 is 5.92. The molecule has 212 valence electrons. The first-order valence-corrected chi connectivity index (χ1v) is 13.6. The van der Waals surface area contributed by atoms with Gasteiger partial charge >= 0.3 is 5.97 Å². The molecule has 9 heteroatoms. The van der Waals surface area contributed by atoms with Gasteiger partial charge in [-0.05, 0) is 97.4 Å². The van der Waals surface area contributed by atoms with Crippen LogP contribution in [0.5, 0.6) is 11.5 Å². The Labute approximate surface area is 248 Å². The molecule has 0 aliphatic rings. The van der Waals surface area contributed by atoms with Gasteiger partial charge in [0, 0.05) is 21.8 Å². The minimum atomic E-state index is -0.984. The number of hydrogen-bond acceptors (Lipinski definition) is 7. The van der Waals surface area contributed by atoms with Crippen molar-refractivity contribution in [1.82, 2.24) is 9.97 Å². The van der Waals surface area contributed by atoms with Crippen molar-refractivity contribution in [2.75, 3.05) is 19.5 Å². The first-order valence-electron chi connectivity index (χ1n) is 13.3. The molecule has 0 saturated heterocycles. The van der Waals surface area contributed by atoms with Gasteiger partial charge in [-0.25, -0.2) is 14.8 Å². The van der Waals surface area contributed by atoms with E-state index in [4.69, 9.17) is 35.8 Å². The highest BCUT2D eigenvalue weighted by Crippen LogP contribution is 2.33. The van der Waals surface area contributed by atoms with Crippen LogP contribution in [-0.4, -0.2) is 42.2 Å². The number of methoxy groups -OCH3 is 2. The van der Waals surface area contributed by atoms with Crippen molar-refractivity contribution in [3.05, 3.63) is 102 Å². The Hall–Kier alpha value is -4.95. The summed E-state index contributed by atoms with van der Waals surface area (Å²) in [5.74, 6) is 0.379. The Morgan fingerprint density at radius 3 is 1.83 bits per heavy atom. The van der Waals surface area contributed by atoms with Crippen molar-refractivity contribution < 1.29 is 23.8 Å². The number of ether oxygens (including phenoxy) is 3. The minimum Gasteiger partial charge on any atom is -0.497 e. The third-order valence-electron chi connectivity index (χ3n) is 6.65. The van der Waals surface area contributed by atoms with E-state index in [2.05, 4.69) is 5.32 Å². The molecule has 8 nitrogen and oxygen atoms in total. The molecular weight excluding hydrogens is 554 g/mol. The fraction of sp³-hybridized carbons (Fsp3) is 0.152. The highest BCUT2D eigenvalue weighted by molar-refractivity contribution is 6.30. The lowest BCUT2D eigenvalue weighted by Gasteiger charge is -2.16. The maximum Gasteiger partial charge on any atom is 0.338 e. The van der Waals surface area contributed by atoms with Gasteiger partial charge in [-0.15, -0.1) is 0 Å². The molecule has 0 saturated carbocycles. The summed E-state index contributed by atoms with van der Waals surface area (Å²) in [5.41, 5.74) is 4.91. The predicted molar refractivity (Wildman–Crippen MR) is 163 cm³/mol. The van der Waals surface area contributed by atoms with Crippen LogP contribution in [-0.2, 0) is 9.53 Å². The van der Waals surface area contributed by atoms with Crippen LogP contribution in [0.25, 0.3) is 33.5 Å². The normalized spacial score (nSPS) is 11.5. The first kappa shape index (κ1) is 28.6. The van der Waals surface area contributed by atoms with Gasteiger partial charge in [0.1, 0.15) is 11.5 Å². The largest absolute Gasteiger partial charge is 0.497 e. The lowest BCUT2D eigenvalue weighted by Crippen LogP contribution is -2.32. The van der Waals surface area contributed by atoms with Gasteiger partial charge in [0.25, 0.3) is 5.91 Å². The standard InChI is InChI=1S/C33H28ClN3O5/c1-4-29(32(38)35-24-12-10-23(34)11-13-24)42-33(39)22-9-18-27-28(19-22)37-31(21-7-16-26(41-3)17-8-21)30(36-27)20-5-14-25(40-2)15-6-20/h5-19,29H,4H2,1-3H3,(H,35,38). The highest BCUT2D eigenvalue weighted by atomic mass is 35.5. The second-order valence-corrected chi connectivity index (χ2v) is 9.82. The van der Waals surface area contributed by atoms with Gasteiger partial charge in [0.15, 0.2) is 6.10 Å². The second-order valence-electron chi connectivity index (χ2n) is 9.38. The summed E-state index contributed by atoms with van der Waals surface area (Å²) in [6, 6.07) is 26.8. The molecule has 1 amide bonds. The van der Waals surface area contributed by atoms with Crippen molar-refractivity contribution in [2.45, 2.75) is 19.4 Å². The summed E-state index contributed by atoms with van der Waals surface area (Å²) in [7, 11) is 3.23. The summed E-state index contributed by atoms with van der Waals surface area (Å²) in [5, 5.41) is 3.31. The van der Waals surface area contributed by atoms with Crippen molar-refractivity contribution in [1.29, 1.82) is 0 Å². The van der Waals surface area contributed by atoms with Crippen molar-refractivity contribution in [3.8, 4) is 34.0 Å². The highest BCUT2D eigenvalue weighted by Gasteiger charge is 2.23. The van der Waals surface area contributed by atoms with E-state index in [1.807, 2.05) is 48.5 Å². The molecular formula is C33H28ClN3O5. The number of esters is 1. The summed E-state index contributed by atoms with van der Waals surface area (Å²) in [4.78, 5) is 35.8. The molecule has 1 N–H and O–H groups in total. The predicted octanol–water partition coefficient (Wildman–Crippen LogP) is 7.21. The van der Waals surface area contributed by atoms with Crippen LogP contribution in [0.3, 0.4) is 0 Å². The molecule has 0 spiro atoms. The number of aromatic nitrogens is 2. The molecule has 1 heterocycles. The molecule has 0 aliphatic heterocycles. The molecule has 0 radical (unpaired) electrons. The number of carbonyl (C=O) groups excluding carboxylic acids is 2. The van der Waals surface area contributed by atoms with Gasteiger partial charge in [-0.2, -0.15) is 0 Å². The molecule has 0 fully saturated rings. The number of halogens is 1. The van der Waals surface area contributed by atoms with Crippen molar-refractivity contribution in [2.24, 2.45) is 0 Å². The van der Waals surface area contributed by atoms with Gasteiger partial charge in [0.2, 0.25) is 0 Å². The lowest BCUT2D eigenvalue weighted by atomic mass is 10.0. The van der Waals surface area contributed by atoms with E-state index in [1.54, 1.807) is 63.6 Å². The molecule has 5 rings (SSSR count). The van der Waals surface area contributed by atoms with Crippen molar-refractivity contribution >= 4 is 40.2 Å². The van der Waals surface area contributed by atoms with Crippen LogP contribution in [0.2, 0.25) is 5.02 Å². The van der Waals surface area contributed by atoms with E-state index in [0.29, 0.717) is 45.3 Å². The van der Waals surface area contributed by atoms with Crippen LogP contribution < -0.4 is 14.8 Å². The Morgan fingerprint density at radius 1 is 0.762 bits per heavy atom. The number of nitrogens with zero attached hydrogens (tertiary/aromatic N) is 2. The smallest absolute Gasteiger partial charge is 0.338 e. The fourth-order valence-electron chi connectivity index (χ4n) is 4.36. The quantitative estimate of drug-likeness (QED) is 0.184. The van der Waals surface area contributed by atoms with Crippen LogP contribution in [0.15, 0.2) is 91.0 Å². The van der Waals surface area contributed by atoms with E-state index in [0.717, 1.165) is 16.9 Å². The molecule has 1 unspecified atom stereocenters. The Morgan fingerprint density at radius 2 is 1.31 bits per heavy atom. The summed E-state index contributed by atoms with van der Waals surface area (Å²) in [6.45, 7) is 1.77. The van der Waals surface area contributed by atoms with E-state index < -0.39 is 18.0 Å². The molecule has 5 aromatic rings. The van der Waals surface area contributed by atoms with E-state index in [-0.39, 0.29) is 5.56 Å². The van der Waals surface area contributed by atoms with Gasteiger partial charge in [0.05, 0.1) is 42.2 Å². The molecule has 1 aromatic heterocycles. The van der Waals surface area contributed by atoms with E-state index in [9.17, 15) is 9.59 Å². The average molecular weight is 582 g/mol. The van der Waals surface area contributed by atoms with Crippen LogP contribution >= 0.6 is 11.6 Å². The Balaban J connectivity index is 1.46. The number of hydrogen-bond donors (Lipinski definition) is 1. The number of benzene rings is 4. The van der Waals surface area contributed by atoms with Gasteiger partial charge < -0.3 is 19.5 Å². The number of nitrogens with one attached hydrogen (secondary N) is 1. The zero-order valence-corrected chi connectivity index (χ0v) is 24.0. The monoisotopic (exact) mass is 581 g/mol. The average Bonchev–Trinajstić information content (AvgIpc) is 3.03. The molecule has 1 atom stereocenters. The van der Waals surface area contributed by atoms with Crippen LogP contribution in [0.4, 0.5) is 5.69 Å². The maximum absolute atomic E-state index is 13.1. The number of carbonyl (C=O) groups is 2. The number of anilines is 1. The zero-order chi connectivity index (χ0) is 29.6. The molecule has 0 bridgehead atoms. The topological polar surface area (TPSA) is 99.6 Å². The molecule has 42 heavy (non-hydrogen) atoms. The van der Waals surface area contributed by atoms with Gasteiger partial charge in [-0.3, -0.25) is 4.79 Å². The van der Waals surface area contributed by atoms with Crippen molar-refractivity contribution in [3.63, 3.8) is 0 Å². The third-order valence-corrected chi connectivity index (χ3v) is 6.90. The number of fused-ring (bicyclic) bond motifs is 1. The van der Waals surface area contributed by atoms with Gasteiger partial charge in [-0.1, -0.05) is 18.5 Å². The minimum absolute atomic E-state index is 0.257. The summed E-state index contributed by atoms with van der Waals surface area (Å²) in [6.07, 6.45) is -0.687. The van der Waals surface area contributed by atoms with Crippen LogP contribution in [0.1, 0.15) is 23.7 Å². The van der Waals surface area contributed by atoms with Crippen LogP contribution in [0, 0.1) is 0 Å². The zero-order valence-electron chi connectivity index (χ0n) is 23.3. The lowest BCUT2D eigenvalue weighted by molar-refractivity contribution is -0.124. The Bertz CT molecular complexity index is 1720. The third kappa shape index (κ3) is 6.34. The second kappa shape index (κ2) is 12.7. The molecule has 4 aromatic carbocycles. The Kier molecular flexibility index (Phi) is 8.64. The summed E-state index contributed by atoms with van der Waals surface area (Å²) < 4.78 is 16.2. The SMILES string of the molecule is CCC(OC(=O)c1ccc2nc(-c3ccc(OC)cc3)c(-c3ccc(OC)cc3)nc2c1)C(=O)Nc1ccc(Cl)cc1. The van der Waals surface area contributed by atoms with E-state index >= 15 is 0 Å². The number of amides is 1. The molecule has 0 aliphatic carbocycles. The number of rotatable bonds is 9. The first-order chi connectivity index (χ1) is 20.4. The maximum atomic E-state index is 13.1.